The fourth-order valence-electron chi connectivity index (χ4n) is 1.69. The standard InChI is InChI=1S/C12H22N2OS/c1-10(7-12-5-4-6-16-12)14(2)8-11(13)9-15-3/h4-6,10-11H,7-9,13H2,1-3H3. The summed E-state index contributed by atoms with van der Waals surface area (Å²) in [5, 5.41) is 2.12. The van der Waals surface area contributed by atoms with Crippen molar-refractivity contribution >= 4 is 11.3 Å². The Hall–Kier alpha value is -0.420. The van der Waals surface area contributed by atoms with Crippen molar-refractivity contribution < 1.29 is 4.74 Å². The van der Waals surface area contributed by atoms with Crippen molar-refractivity contribution in [3.63, 3.8) is 0 Å². The van der Waals surface area contributed by atoms with Crippen LogP contribution in [0, 0.1) is 0 Å². The third-order valence-corrected chi connectivity index (χ3v) is 3.63. The van der Waals surface area contributed by atoms with Crippen molar-refractivity contribution in [2.75, 3.05) is 27.3 Å². The molecule has 2 atom stereocenters. The molecule has 4 heteroatoms. The van der Waals surface area contributed by atoms with Crippen molar-refractivity contribution in [3.8, 4) is 0 Å². The molecule has 0 aliphatic heterocycles. The number of nitrogens with zero attached hydrogens (tertiary/aromatic N) is 1. The first-order chi connectivity index (χ1) is 7.63. The number of hydrogen-bond donors (Lipinski definition) is 1. The predicted octanol–water partition coefficient (Wildman–Crippen LogP) is 1.58. The number of thiophene rings is 1. The minimum atomic E-state index is 0.0979. The molecule has 16 heavy (non-hydrogen) atoms. The Balaban J connectivity index is 2.32. The first-order valence-corrected chi connectivity index (χ1v) is 6.48. The summed E-state index contributed by atoms with van der Waals surface area (Å²) in [5.74, 6) is 0. The van der Waals surface area contributed by atoms with Crippen LogP contribution in [0.5, 0.6) is 0 Å². The zero-order chi connectivity index (χ0) is 12.0. The van der Waals surface area contributed by atoms with E-state index < -0.39 is 0 Å². The molecule has 0 fully saturated rings. The van der Waals surface area contributed by atoms with Gasteiger partial charge in [0, 0.05) is 30.6 Å². The summed E-state index contributed by atoms with van der Waals surface area (Å²) in [7, 11) is 3.81. The fourth-order valence-corrected chi connectivity index (χ4v) is 2.52. The van der Waals surface area contributed by atoms with Crippen LogP contribution in [-0.4, -0.2) is 44.3 Å². The molecule has 0 amide bonds. The van der Waals surface area contributed by atoms with Gasteiger partial charge in [-0.3, -0.25) is 0 Å². The molecule has 1 aromatic rings. The molecule has 0 aromatic carbocycles. The van der Waals surface area contributed by atoms with Crippen LogP contribution in [0.15, 0.2) is 17.5 Å². The van der Waals surface area contributed by atoms with Crippen LogP contribution in [0.2, 0.25) is 0 Å². The van der Waals surface area contributed by atoms with E-state index in [1.807, 2.05) is 11.3 Å². The maximum atomic E-state index is 5.93. The van der Waals surface area contributed by atoms with Crippen LogP contribution in [0.25, 0.3) is 0 Å². The highest BCUT2D eigenvalue weighted by Crippen LogP contribution is 2.13. The quantitative estimate of drug-likeness (QED) is 0.789. The third-order valence-electron chi connectivity index (χ3n) is 2.73. The topological polar surface area (TPSA) is 38.5 Å². The van der Waals surface area contributed by atoms with E-state index in [0.29, 0.717) is 12.6 Å². The minimum Gasteiger partial charge on any atom is -0.383 e. The maximum absolute atomic E-state index is 5.93. The lowest BCUT2D eigenvalue weighted by molar-refractivity contribution is 0.150. The predicted molar refractivity (Wildman–Crippen MR) is 70.0 cm³/mol. The number of nitrogens with two attached hydrogens (primary N) is 1. The molecular formula is C12H22N2OS. The lowest BCUT2D eigenvalue weighted by Gasteiger charge is -2.26. The molecule has 92 valence electrons. The summed E-state index contributed by atoms with van der Waals surface area (Å²) in [6, 6.07) is 4.90. The first-order valence-electron chi connectivity index (χ1n) is 5.60. The molecule has 1 heterocycles. The molecule has 0 spiro atoms. The Morgan fingerprint density at radius 2 is 2.31 bits per heavy atom. The number of rotatable bonds is 7. The van der Waals surface area contributed by atoms with Gasteiger partial charge >= 0.3 is 0 Å². The summed E-state index contributed by atoms with van der Waals surface area (Å²) in [6.45, 7) is 3.73. The van der Waals surface area contributed by atoms with Gasteiger partial charge in [-0.1, -0.05) is 6.07 Å². The smallest absolute Gasteiger partial charge is 0.0626 e. The van der Waals surface area contributed by atoms with E-state index in [0.717, 1.165) is 13.0 Å². The number of hydrogen-bond acceptors (Lipinski definition) is 4. The van der Waals surface area contributed by atoms with E-state index in [4.69, 9.17) is 10.5 Å². The highest BCUT2D eigenvalue weighted by molar-refractivity contribution is 7.09. The van der Waals surface area contributed by atoms with Gasteiger partial charge < -0.3 is 15.4 Å². The number of ether oxygens (including phenoxy) is 1. The maximum Gasteiger partial charge on any atom is 0.0626 e. The molecule has 0 aliphatic rings. The third kappa shape index (κ3) is 4.61. The molecule has 0 radical (unpaired) electrons. The second kappa shape index (κ2) is 7.01. The average Bonchev–Trinajstić information content (AvgIpc) is 2.70. The number of methoxy groups -OCH3 is 1. The highest BCUT2D eigenvalue weighted by Gasteiger charge is 2.13. The van der Waals surface area contributed by atoms with Gasteiger partial charge in [0.25, 0.3) is 0 Å². The zero-order valence-corrected chi connectivity index (χ0v) is 11.2. The normalized spacial score (nSPS) is 15.3. The molecule has 1 rings (SSSR count). The lowest BCUT2D eigenvalue weighted by Crippen LogP contribution is -2.42. The molecule has 0 aliphatic carbocycles. The van der Waals surface area contributed by atoms with Gasteiger partial charge in [0.05, 0.1) is 6.61 Å². The lowest BCUT2D eigenvalue weighted by atomic mass is 10.1. The van der Waals surface area contributed by atoms with Crippen LogP contribution < -0.4 is 5.73 Å². The van der Waals surface area contributed by atoms with Crippen LogP contribution >= 0.6 is 11.3 Å². The van der Waals surface area contributed by atoms with E-state index in [2.05, 4.69) is 36.4 Å². The molecule has 2 unspecified atom stereocenters. The second-order valence-electron chi connectivity index (χ2n) is 4.29. The molecule has 3 nitrogen and oxygen atoms in total. The van der Waals surface area contributed by atoms with Crippen molar-refractivity contribution in [3.05, 3.63) is 22.4 Å². The van der Waals surface area contributed by atoms with Crippen molar-refractivity contribution in [1.29, 1.82) is 0 Å². The van der Waals surface area contributed by atoms with Crippen molar-refractivity contribution in [2.24, 2.45) is 5.73 Å². The van der Waals surface area contributed by atoms with Gasteiger partial charge in [0.15, 0.2) is 0 Å². The Kier molecular flexibility index (Phi) is 5.98. The molecule has 0 saturated heterocycles. The van der Waals surface area contributed by atoms with E-state index in [1.54, 1.807) is 7.11 Å². The van der Waals surface area contributed by atoms with Crippen LogP contribution in [0.1, 0.15) is 11.8 Å². The average molecular weight is 242 g/mol. The van der Waals surface area contributed by atoms with Crippen molar-refractivity contribution in [1.82, 2.24) is 4.90 Å². The monoisotopic (exact) mass is 242 g/mol. The van der Waals surface area contributed by atoms with Gasteiger partial charge in [-0.2, -0.15) is 0 Å². The molecule has 2 N–H and O–H groups in total. The van der Waals surface area contributed by atoms with Gasteiger partial charge in [-0.15, -0.1) is 11.3 Å². The number of likely N-dealkylation sites (N-methyl/N-ethyl adjacent to an activating group) is 1. The van der Waals surface area contributed by atoms with Crippen LogP contribution in [-0.2, 0) is 11.2 Å². The molecule has 0 saturated carbocycles. The van der Waals surface area contributed by atoms with Gasteiger partial charge in [0.1, 0.15) is 0 Å². The molecule has 0 bridgehead atoms. The molecule has 1 aromatic heterocycles. The fraction of sp³-hybridized carbons (Fsp3) is 0.667. The minimum absolute atomic E-state index is 0.0979. The first kappa shape index (κ1) is 13.6. The SMILES string of the molecule is COCC(N)CN(C)C(C)Cc1cccs1. The largest absolute Gasteiger partial charge is 0.383 e. The Morgan fingerprint density at radius 3 is 2.88 bits per heavy atom. The Bertz CT molecular complexity index is 277. The van der Waals surface area contributed by atoms with Gasteiger partial charge in [0.2, 0.25) is 0 Å². The van der Waals surface area contributed by atoms with Gasteiger partial charge in [-0.25, -0.2) is 0 Å². The van der Waals surface area contributed by atoms with E-state index in [9.17, 15) is 0 Å². The summed E-state index contributed by atoms with van der Waals surface area (Å²) in [5.41, 5.74) is 5.93. The summed E-state index contributed by atoms with van der Waals surface area (Å²) in [4.78, 5) is 3.73. The zero-order valence-electron chi connectivity index (χ0n) is 10.3. The van der Waals surface area contributed by atoms with Crippen LogP contribution in [0.3, 0.4) is 0 Å². The van der Waals surface area contributed by atoms with E-state index in [-0.39, 0.29) is 6.04 Å². The van der Waals surface area contributed by atoms with Crippen LogP contribution in [0.4, 0.5) is 0 Å². The summed E-state index contributed by atoms with van der Waals surface area (Å²) >= 11 is 1.82. The summed E-state index contributed by atoms with van der Waals surface area (Å²) < 4.78 is 5.04. The highest BCUT2D eigenvalue weighted by atomic mass is 32.1. The molecular weight excluding hydrogens is 220 g/mol. The van der Waals surface area contributed by atoms with Crippen molar-refractivity contribution in [2.45, 2.75) is 25.4 Å². The Labute approximate surface area is 102 Å². The van der Waals surface area contributed by atoms with Gasteiger partial charge in [-0.05, 0) is 31.8 Å². The Morgan fingerprint density at radius 1 is 1.56 bits per heavy atom. The van der Waals surface area contributed by atoms with E-state index in [1.165, 1.54) is 4.88 Å². The van der Waals surface area contributed by atoms with E-state index >= 15 is 0 Å². The summed E-state index contributed by atoms with van der Waals surface area (Å²) in [6.07, 6.45) is 1.09. The second-order valence-corrected chi connectivity index (χ2v) is 5.32.